The molecule has 6 heteroatoms. The molecule has 1 unspecified atom stereocenters. The molecule has 0 amide bonds. The van der Waals surface area contributed by atoms with Crippen LogP contribution in [0.1, 0.15) is 6.92 Å². The van der Waals surface area contributed by atoms with Crippen LogP contribution in [0.3, 0.4) is 0 Å². The number of aliphatic carboxylic acids is 1. The number of carbonyl (C=O) groups is 1. The minimum absolute atomic E-state index is 0. The van der Waals surface area contributed by atoms with E-state index in [0.29, 0.717) is 0 Å². The zero-order valence-electron chi connectivity index (χ0n) is 5.61. The van der Waals surface area contributed by atoms with E-state index in [0.717, 1.165) is 0 Å². The molecule has 0 radical (unpaired) electrons. The molecule has 4 N–H and O–H groups in total. The van der Waals surface area contributed by atoms with Crippen LogP contribution in [0.5, 0.6) is 0 Å². The molecule has 0 aliphatic carbocycles. The molecule has 0 aromatic carbocycles. The molecular formula is C5H12KNO4. The van der Waals surface area contributed by atoms with E-state index in [-0.39, 0.29) is 57.9 Å². The van der Waals surface area contributed by atoms with Gasteiger partial charge in [0.2, 0.25) is 0 Å². The summed E-state index contributed by atoms with van der Waals surface area (Å²) in [4.78, 5) is 10.1. The summed E-state index contributed by atoms with van der Waals surface area (Å²) in [5.41, 5.74) is 0. The van der Waals surface area contributed by atoms with Crippen LogP contribution >= 0.6 is 0 Å². The van der Waals surface area contributed by atoms with E-state index >= 15 is 0 Å². The maximum absolute atomic E-state index is 10.1. The van der Waals surface area contributed by atoms with E-state index in [4.69, 9.17) is 15.3 Å². The van der Waals surface area contributed by atoms with Crippen molar-refractivity contribution in [2.45, 2.75) is 19.3 Å². The van der Waals surface area contributed by atoms with Crippen molar-refractivity contribution < 1.29 is 20.1 Å². The molecule has 0 heterocycles. The molecule has 0 aromatic rings. The second-order valence-electron chi connectivity index (χ2n) is 1.95. The predicted molar refractivity (Wildman–Crippen MR) is 40.5 cm³/mol. The number of hydrogen-bond acceptors (Lipinski definition) is 4. The Hall–Kier alpha value is 0.986. The molecule has 0 spiro atoms. The van der Waals surface area contributed by atoms with Gasteiger partial charge in [0.1, 0.15) is 6.04 Å². The Kier molecular flexibility index (Phi) is 10.1. The fourth-order valence-electron chi connectivity index (χ4n) is 0.369. The van der Waals surface area contributed by atoms with Gasteiger partial charge in [-0.25, -0.2) is 0 Å². The Bertz CT molecular complexity index is 119. The fourth-order valence-corrected chi connectivity index (χ4v) is 0.369. The molecule has 0 fully saturated rings. The number of nitrogens with one attached hydrogen (secondary N) is 1. The number of aliphatic hydroxyl groups excluding tert-OH is 1. The van der Waals surface area contributed by atoms with Gasteiger partial charge in [0, 0.05) is 6.54 Å². The van der Waals surface area contributed by atoms with Gasteiger partial charge in [0.25, 0.3) is 0 Å². The van der Waals surface area contributed by atoms with E-state index in [1.165, 1.54) is 6.92 Å². The first kappa shape index (κ1) is 14.5. The maximum atomic E-state index is 10.1. The van der Waals surface area contributed by atoms with Crippen molar-refractivity contribution >= 4 is 57.4 Å². The molecular weight excluding hydrogens is 177 g/mol. The Labute approximate surface area is 107 Å². The number of aliphatic hydroxyl groups is 2. The molecule has 0 aliphatic rings. The molecule has 0 aromatic heterocycles. The number of rotatable bonds is 4. The summed E-state index contributed by atoms with van der Waals surface area (Å²) < 4.78 is 0. The quantitative estimate of drug-likeness (QED) is 0.295. The van der Waals surface area contributed by atoms with Gasteiger partial charge in [-0.3, -0.25) is 10.1 Å². The van der Waals surface area contributed by atoms with Crippen molar-refractivity contribution in [3.8, 4) is 0 Å². The van der Waals surface area contributed by atoms with Gasteiger partial charge < -0.3 is 15.3 Å². The monoisotopic (exact) mass is 189 g/mol. The van der Waals surface area contributed by atoms with Gasteiger partial charge in [0.15, 0.2) is 6.29 Å². The molecule has 62 valence electrons. The Morgan fingerprint density at radius 2 is 2.00 bits per heavy atom. The van der Waals surface area contributed by atoms with Crippen LogP contribution in [-0.4, -0.2) is 91.6 Å². The second-order valence-corrected chi connectivity index (χ2v) is 1.95. The molecule has 5 nitrogen and oxygen atoms in total. The molecule has 0 aliphatic heterocycles. The number of carboxylic acid groups (broad SMARTS) is 1. The van der Waals surface area contributed by atoms with E-state index in [9.17, 15) is 4.79 Å². The normalized spacial score (nSPS) is 12.4. The van der Waals surface area contributed by atoms with Crippen LogP contribution < -0.4 is 5.32 Å². The van der Waals surface area contributed by atoms with Crippen molar-refractivity contribution in [3.63, 3.8) is 0 Å². The van der Waals surface area contributed by atoms with Crippen LogP contribution in [0.4, 0.5) is 0 Å². The first-order valence-electron chi connectivity index (χ1n) is 2.86. The molecule has 0 saturated carbocycles. The third-order valence-electron chi connectivity index (χ3n) is 0.977. The van der Waals surface area contributed by atoms with Gasteiger partial charge >= 0.3 is 57.4 Å². The predicted octanol–water partition coefficient (Wildman–Crippen LogP) is -2.29. The number of hydrogen-bond donors (Lipinski definition) is 4. The molecule has 11 heavy (non-hydrogen) atoms. The van der Waals surface area contributed by atoms with E-state index in [1.807, 2.05) is 0 Å². The number of carboxylic acids is 1. The summed E-state index contributed by atoms with van der Waals surface area (Å²) in [5.74, 6) is -1.01. The van der Waals surface area contributed by atoms with Gasteiger partial charge in [0.05, 0.1) is 0 Å². The topological polar surface area (TPSA) is 89.8 Å². The molecule has 1 atom stereocenters. The van der Waals surface area contributed by atoms with Crippen molar-refractivity contribution in [2.24, 2.45) is 0 Å². The fraction of sp³-hybridized carbons (Fsp3) is 0.800. The van der Waals surface area contributed by atoms with Crippen molar-refractivity contribution in [1.82, 2.24) is 5.32 Å². The van der Waals surface area contributed by atoms with Crippen LogP contribution in [0.15, 0.2) is 0 Å². The van der Waals surface area contributed by atoms with Crippen LogP contribution in [0, 0.1) is 0 Å². The molecule has 0 bridgehead atoms. The van der Waals surface area contributed by atoms with E-state index in [1.54, 1.807) is 0 Å². The van der Waals surface area contributed by atoms with Gasteiger partial charge in [-0.2, -0.15) is 0 Å². The van der Waals surface area contributed by atoms with Crippen LogP contribution in [0.25, 0.3) is 0 Å². The minimum atomic E-state index is -1.50. The summed E-state index contributed by atoms with van der Waals surface area (Å²) in [6.45, 7) is 1.29. The third kappa shape index (κ3) is 8.90. The zero-order chi connectivity index (χ0) is 8.15. The van der Waals surface area contributed by atoms with Gasteiger partial charge in [-0.1, -0.05) is 0 Å². The standard InChI is InChI=1S/C5H11NO4.K.H/c1-3(5(9)10)6-2-4(7)8;;/h3-4,6-8H,2H2,1H3,(H,9,10);;. The zero-order valence-corrected chi connectivity index (χ0v) is 5.61. The third-order valence-corrected chi connectivity index (χ3v) is 0.977. The SMILES string of the molecule is CC(NCC(O)O)C(=O)O.[KH]. The van der Waals surface area contributed by atoms with E-state index in [2.05, 4.69) is 5.32 Å². The Morgan fingerprint density at radius 1 is 1.55 bits per heavy atom. The average molecular weight is 189 g/mol. The summed E-state index contributed by atoms with van der Waals surface area (Å²) in [5, 5.41) is 27.2. The van der Waals surface area contributed by atoms with Gasteiger partial charge in [-0.05, 0) is 6.92 Å². The average Bonchev–Trinajstić information content (AvgIpc) is 1.82. The van der Waals surface area contributed by atoms with Crippen LogP contribution in [-0.2, 0) is 4.79 Å². The van der Waals surface area contributed by atoms with Gasteiger partial charge in [-0.15, -0.1) is 0 Å². The summed E-state index contributed by atoms with van der Waals surface area (Å²) in [7, 11) is 0. The summed E-state index contributed by atoms with van der Waals surface area (Å²) in [6, 6.07) is -0.748. The Morgan fingerprint density at radius 3 is 2.27 bits per heavy atom. The summed E-state index contributed by atoms with van der Waals surface area (Å²) >= 11 is 0. The van der Waals surface area contributed by atoms with Crippen molar-refractivity contribution in [3.05, 3.63) is 0 Å². The van der Waals surface area contributed by atoms with E-state index < -0.39 is 18.3 Å². The second kappa shape index (κ2) is 7.63. The van der Waals surface area contributed by atoms with Crippen LogP contribution in [0.2, 0.25) is 0 Å². The summed E-state index contributed by atoms with van der Waals surface area (Å²) in [6.07, 6.45) is -1.50. The van der Waals surface area contributed by atoms with Crippen molar-refractivity contribution in [2.75, 3.05) is 6.54 Å². The van der Waals surface area contributed by atoms with Crippen molar-refractivity contribution in [1.29, 1.82) is 0 Å². The molecule has 0 saturated heterocycles. The first-order chi connectivity index (χ1) is 4.54. The first-order valence-corrected chi connectivity index (χ1v) is 2.86. The molecule has 0 rings (SSSR count). The Balaban J connectivity index is 0.